The largest absolute Gasteiger partial charge is 0.357 e. The van der Waals surface area contributed by atoms with Gasteiger partial charge in [0.1, 0.15) is 11.9 Å². The maximum atomic E-state index is 14.4. The van der Waals surface area contributed by atoms with Gasteiger partial charge in [0.05, 0.1) is 11.9 Å². The van der Waals surface area contributed by atoms with Crippen molar-refractivity contribution in [1.29, 1.82) is 0 Å². The van der Waals surface area contributed by atoms with Gasteiger partial charge in [0.2, 0.25) is 21.8 Å². The molecule has 2 amide bonds. The Hall–Kier alpha value is -3.14. The number of carbonyl (C=O) groups is 2. The zero-order valence-electron chi connectivity index (χ0n) is 21.6. The van der Waals surface area contributed by atoms with E-state index in [4.69, 9.17) is 23.2 Å². The summed E-state index contributed by atoms with van der Waals surface area (Å²) in [5, 5.41) is 3.41. The van der Waals surface area contributed by atoms with Crippen LogP contribution in [-0.4, -0.2) is 51.0 Å². The third-order valence-electron chi connectivity index (χ3n) is 6.15. The summed E-state index contributed by atoms with van der Waals surface area (Å²) in [6.45, 7) is -0.0900. The minimum atomic E-state index is -3.82. The number of halogens is 3. The number of para-hydroxylation sites is 1. The van der Waals surface area contributed by atoms with E-state index in [1.165, 1.54) is 36.2 Å². The molecule has 39 heavy (non-hydrogen) atoms. The standard InChI is InChI=1S/C28H30Cl2FN3O4S/c1-32-28(36)26(17-20-9-4-3-5-10-20)33(19-21-14-15-22(29)18-23(21)30)27(35)13-8-16-34(39(2,37)38)25-12-7-6-11-24(25)31/h3-7,9-12,14-15,18,26H,8,13,16-17,19H2,1-2H3,(H,32,36). The molecule has 0 bridgehead atoms. The number of rotatable bonds is 12. The van der Waals surface area contributed by atoms with Crippen LogP contribution in [0.2, 0.25) is 10.0 Å². The van der Waals surface area contributed by atoms with E-state index in [0.717, 1.165) is 16.1 Å². The molecule has 0 aliphatic heterocycles. The van der Waals surface area contributed by atoms with Crippen molar-refractivity contribution in [3.8, 4) is 0 Å². The Labute approximate surface area is 238 Å². The number of likely N-dealkylation sites (N-methyl/N-ethyl adjacent to an activating group) is 1. The van der Waals surface area contributed by atoms with Crippen molar-refractivity contribution in [3.05, 3.63) is 99.8 Å². The summed E-state index contributed by atoms with van der Waals surface area (Å²) >= 11 is 12.4. The topological polar surface area (TPSA) is 86.8 Å². The van der Waals surface area contributed by atoms with Crippen LogP contribution in [0.5, 0.6) is 0 Å². The third-order valence-corrected chi connectivity index (χ3v) is 7.91. The van der Waals surface area contributed by atoms with Gasteiger partial charge in [-0.15, -0.1) is 0 Å². The van der Waals surface area contributed by atoms with Crippen molar-refractivity contribution in [3.63, 3.8) is 0 Å². The van der Waals surface area contributed by atoms with Gasteiger partial charge in [-0.3, -0.25) is 13.9 Å². The fourth-order valence-corrected chi connectivity index (χ4v) is 5.62. The van der Waals surface area contributed by atoms with Gasteiger partial charge in [0.15, 0.2) is 0 Å². The van der Waals surface area contributed by atoms with Crippen molar-refractivity contribution in [2.75, 3.05) is 24.2 Å². The van der Waals surface area contributed by atoms with E-state index in [1.54, 1.807) is 18.2 Å². The van der Waals surface area contributed by atoms with Crippen molar-refractivity contribution in [2.24, 2.45) is 0 Å². The van der Waals surface area contributed by atoms with Crippen LogP contribution in [0.25, 0.3) is 0 Å². The molecule has 0 aliphatic carbocycles. The van der Waals surface area contributed by atoms with Gasteiger partial charge in [-0.2, -0.15) is 0 Å². The number of hydrogen-bond donors (Lipinski definition) is 1. The molecule has 208 valence electrons. The van der Waals surface area contributed by atoms with Crippen LogP contribution in [0.3, 0.4) is 0 Å². The van der Waals surface area contributed by atoms with E-state index in [1.807, 2.05) is 30.3 Å². The van der Waals surface area contributed by atoms with E-state index in [9.17, 15) is 22.4 Å². The Kier molecular flexibility index (Phi) is 10.7. The highest BCUT2D eigenvalue weighted by atomic mass is 35.5. The maximum Gasteiger partial charge on any atom is 0.242 e. The lowest BCUT2D eigenvalue weighted by Crippen LogP contribution is -2.49. The second kappa shape index (κ2) is 13.8. The predicted molar refractivity (Wildman–Crippen MR) is 153 cm³/mol. The van der Waals surface area contributed by atoms with Crippen LogP contribution >= 0.6 is 23.2 Å². The van der Waals surface area contributed by atoms with Crippen molar-refractivity contribution in [1.82, 2.24) is 10.2 Å². The fourth-order valence-electron chi connectivity index (χ4n) is 4.19. The van der Waals surface area contributed by atoms with Crippen LogP contribution in [0.1, 0.15) is 24.0 Å². The van der Waals surface area contributed by atoms with E-state index >= 15 is 0 Å². The number of sulfonamides is 1. The average molecular weight is 595 g/mol. The molecule has 1 N–H and O–H groups in total. The molecule has 0 heterocycles. The van der Waals surface area contributed by atoms with Gasteiger partial charge in [-0.1, -0.05) is 71.7 Å². The van der Waals surface area contributed by atoms with Crippen molar-refractivity contribution >= 4 is 50.7 Å². The zero-order valence-corrected chi connectivity index (χ0v) is 23.9. The van der Waals surface area contributed by atoms with Crippen LogP contribution in [-0.2, 0) is 32.6 Å². The molecule has 3 rings (SSSR count). The maximum absolute atomic E-state index is 14.4. The van der Waals surface area contributed by atoms with Crippen LogP contribution in [0.15, 0.2) is 72.8 Å². The highest BCUT2D eigenvalue weighted by molar-refractivity contribution is 7.92. The Bertz CT molecular complexity index is 1410. The Balaban J connectivity index is 1.88. The monoisotopic (exact) mass is 593 g/mol. The van der Waals surface area contributed by atoms with Gasteiger partial charge in [-0.25, -0.2) is 12.8 Å². The van der Waals surface area contributed by atoms with Gasteiger partial charge in [0.25, 0.3) is 0 Å². The Morgan fingerprint density at radius 3 is 2.28 bits per heavy atom. The van der Waals surface area contributed by atoms with Crippen LogP contribution < -0.4 is 9.62 Å². The molecule has 0 aliphatic rings. The zero-order chi connectivity index (χ0) is 28.6. The highest BCUT2D eigenvalue weighted by Crippen LogP contribution is 2.25. The first-order valence-electron chi connectivity index (χ1n) is 12.2. The van der Waals surface area contributed by atoms with Gasteiger partial charge in [-0.05, 0) is 41.8 Å². The summed E-state index contributed by atoms with van der Waals surface area (Å²) in [6, 6.07) is 18.9. The molecular formula is C28H30Cl2FN3O4S. The number of carbonyl (C=O) groups excluding carboxylic acids is 2. The predicted octanol–water partition coefficient (Wildman–Crippen LogP) is 5.06. The minimum absolute atomic E-state index is 0.0306. The Morgan fingerprint density at radius 2 is 1.67 bits per heavy atom. The van der Waals surface area contributed by atoms with E-state index < -0.39 is 21.9 Å². The summed E-state index contributed by atoms with van der Waals surface area (Å²) in [5.41, 5.74) is 1.36. The molecule has 0 fully saturated rings. The molecule has 0 saturated heterocycles. The highest BCUT2D eigenvalue weighted by Gasteiger charge is 2.30. The number of amides is 2. The van der Waals surface area contributed by atoms with Gasteiger partial charge >= 0.3 is 0 Å². The van der Waals surface area contributed by atoms with Crippen molar-refractivity contribution in [2.45, 2.75) is 31.8 Å². The van der Waals surface area contributed by atoms with Gasteiger partial charge in [0, 0.05) is 43.0 Å². The summed E-state index contributed by atoms with van der Waals surface area (Å²) < 4.78 is 40.2. The van der Waals surface area contributed by atoms with E-state index in [2.05, 4.69) is 5.32 Å². The molecule has 3 aromatic rings. The number of nitrogens with zero attached hydrogens (tertiary/aromatic N) is 2. The van der Waals surface area contributed by atoms with Gasteiger partial charge < -0.3 is 10.2 Å². The summed E-state index contributed by atoms with van der Waals surface area (Å²) in [6.07, 6.45) is 1.24. The third kappa shape index (κ3) is 8.42. The molecule has 11 heteroatoms. The first kappa shape index (κ1) is 30.4. The molecule has 0 saturated carbocycles. The lowest BCUT2D eigenvalue weighted by atomic mass is 10.0. The van der Waals surface area contributed by atoms with E-state index in [0.29, 0.717) is 15.6 Å². The van der Waals surface area contributed by atoms with Crippen molar-refractivity contribution < 1.29 is 22.4 Å². The molecule has 7 nitrogen and oxygen atoms in total. The molecule has 0 radical (unpaired) electrons. The normalized spacial score (nSPS) is 12.0. The quantitative estimate of drug-likeness (QED) is 0.318. The number of anilines is 1. The lowest BCUT2D eigenvalue weighted by Gasteiger charge is -2.32. The number of benzene rings is 3. The van der Waals surface area contributed by atoms with E-state index in [-0.39, 0.29) is 49.9 Å². The molecular weight excluding hydrogens is 564 g/mol. The molecule has 3 aromatic carbocycles. The summed E-state index contributed by atoms with van der Waals surface area (Å²) in [5.74, 6) is -1.43. The van der Waals surface area contributed by atoms with Crippen LogP contribution in [0.4, 0.5) is 10.1 Å². The Morgan fingerprint density at radius 1 is 1.00 bits per heavy atom. The number of nitrogens with one attached hydrogen (secondary N) is 1. The smallest absolute Gasteiger partial charge is 0.242 e. The lowest BCUT2D eigenvalue weighted by molar-refractivity contribution is -0.141. The fraction of sp³-hybridized carbons (Fsp3) is 0.286. The summed E-state index contributed by atoms with van der Waals surface area (Å²) in [4.78, 5) is 28.1. The second-order valence-corrected chi connectivity index (χ2v) is 11.7. The minimum Gasteiger partial charge on any atom is -0.357 e. The first-order chi connectivity index (χ1) is 18.5. The second-order valence-electron chi connectivity index (χ2n) is 8.97. The number of hydrogen-bond acceptors (Lipinski definition) is 4. The van der Waals surface area contributed by atoms with Crippen LogP contribution in [0, 0.1) is 5.82 Å². The molecule has 0 aromatic heterocycles. The average Bonchev–Trinajstić information content (AvgIpc) is 2.89. The first-order valence-corrected chi connectivity index (χ1v) is 14.8. The SMILES string of the molecule is CNC(=O)C(Cc1ccccc1)N(Cc1ccc(Cl)cc1Cl)C(=O)CCCN(c1ccccc1F)S(C)(=O)=O. The molecule has 0 spiro atoms. The molecule has 1 atom stereocenters. The molecule has 1 unspecified atom stereocenters. The summed E-state index contributed by atoms with van der Waals surface area (Å²) in [7, 11) is -2.32.